The number of rotatable bonds is 4. The summed E-state index contributed by atoms with van der Waals surface area (Å²) in [5.74, 6) is 4.03. The molecule has 1 aliphatic heterocycles. The number of amides is 1. The first-order valence-electron chi connectivity index (χ1n) is 6.62. The molecule has 3 N–H and O–H groups in total. The number of aromatic nitrogens is 3. The quantitative estimate of drug-likeness (QED) is 0.473. The van der Waals surface area contributed by atoms with Gasteiger partial charge in [-0.15, -0.1) is 10.2 Å². The molecule has 1 aromatic heterocycles. The van der Waals surface area contributed by atoms with E-state index in [0.29, 0.717) is 13.0 Å². The molecule has 0 saturated carbocycles. The number of nitrogens with one attached hydrogen (secondary N) is 1. The average Bonchev–Trinajstić information content (AvgIpc) is 2.86. The Hall–Kier alpha value is -1.68. The van der Waals surface area contributed by atoms with E-state index in [4.69, 9.17) is 5.84 Å². The van der Waals surface area contributed by atoms with E-state index >= 15 is 0 Å². The fourth-order valence-electron chi connectivity index (χ4n) is 2.50. The van der Waals surface area contributed by atoms with Gasteiger partial charge in [-0.05, 0) is 6.42 Å². The van der Waals surface area contributed by atoms with Gasteiger partial charge in [0.25, 0.3) is 5.91 Å². The summed E-state index contributed by atoms with van der Waals surface area (Å²) in [5, 5.41) is 6.80. The number of nitrogens with zero attached hydrogens (tertiary/aromatic N) is 4. The van der Waals surface area contributed by atoms with E-state index in [9.17, 15) is 18.0 Å². The lowest BCUT2D eigenvalue weighted by Gasteiger charge is -2.33. The van der Waals surface area contributed by atoms with Crippen molar-refractivity contribution in [3.8, 4) is 0 Å². The third-order valence-electron chi connectivity index (χ3n) is 3.48. The van der Waals surface area contributed by atoms with Crippen molar-refractivity contribution in [1.82, 2.24) is 25.1 Å². The number of hydrazine groups is 1. The molecule has 0 aromatic carbocycles. The van der Waals surface area contributed by atoms with Crippen LogP contribution in [0.25, 0.3) is 0 Å². The molecule has 1 unspecified atom stereocenters. The summed E-state index contributed by atoms with van der Waals surface area (Å²) in [6, 6.07) is -0.472. The Morgan fingerprint density at radius 3 is 2.71 bits per heavy atom. The topological polar surface area (TPSA) is 89.1 Å². The van der Waals surface area contributed by atoms with Crippen LogP contribution in [0, 0.1) is 0 Å². The van der Waals surface area contributed by atoms with Gasteiger partial charge in [-0.3, -0.25) is 15.1 Å². The zero-order valence-corrected chi connectivity index (χ0v) is 11.5. The van der Waals surface area contributed by atoms with Gasteiger partial charge < -0.3 is 4.57 Å². The van der Waals surface area contributed by atoms with Crippen LogP contribution in [0.15, 0.2) is 0 Å². The van der Waals surface area contributed by atoms with Crippen molar-refractivity contribution in [2.75, 3.05) is 6.54 Å². The summed E-state index contributed by atoms with van der Waals surface area (Å²) in [6.07, 6.45) is -3.19. The molecular weight excluding hydrogens is 289 g/mol. The Kier molecular flexibility index (Phi) is 4.47. The number of hydrogen-bond acceptors (Lipinski definition) is 5. The fraction of sp³-hybridized carbons (Fsp3) is 0.727. The Morgan fingerprint density at radius 2 is 2.14 bits per heavy atom. The van der Waals surface area contributed by atoms with Gasteiger partial charge in [0.05, 0.1) is 12.6 Å². The third-order valence-corrected chi connectivity index (χ3v) is 3.48. The number of halogens is 3. The molecular formula is C11H17F3N6O. The van der Waals surface area contributed by atoms with Crippen LogP contribution >= 0.6 is 0 Å². The summed E-state index contributed by atoms with van der Waals surface area (Å²) >= 11 is 0. The smallest absolute Gasteiger partial charge is 0.305 e. The zero-order chi connectivity index (χ0) is 15.6. The minimum Gasteiger partial charge on any atom is -0.305 e. The number of fused-ring (bicyclic) bond motifs is 1. The average molecular weight is 306 g/mol. The van der Waals surface area contributed by atoms with Gasteiger partial charge in [-0.2, -0.15) is 13.2 Å². The van der Waals surface area contributed by atoms with E-state index in [1.807, 2.05) is 6.92 Å². The van der Waals surface area contributed by atoms with Gasteiger partial charge in [0, 0.05) is 13.1 Å². The van der Waals surface area contributed by atoms with Crippen LogP contribution in [0.5, 0.6) is 0 Å². The maximum Gasteiger partial charge on any atom is 0.451 e. The maximum atomic E-state index is 12.8. The van der Waals surface area contributed by atoms with Crippen molar-refractivity contribution in [2.24, 2.45) is 5.84 Å². The van der Waals surface area contributed by atoms with Gasteiger partial charge in [0.15, 0.2) is 0 Å². The van der Waals surface area contributed by atoms with E-state index in [1.54, 1.807) is 4.90 Å². The van der Waals surface area contributed by atoms with Crippen LogP contribution in [0.4, 0.5) is 13.2 Å². The first-order chi connectivity index (χ1) is 9.88. The maximum absolute atomic E-state index is 12.8. The van der Waals surface area contributed by atoms with E-state index in [-0.39, 0.29) is 24.8 Å². The highest BCUT2D eigenvalue weighted by molar-refractivity contribution is 5.81. The molecule has 0 radical (unpaired) electrons. The van der Waals surface area contributed by atoms with Gasteiger partial charge in [-0.25, -0.2) is 5.84 Å². The van der Waals surface area contributed by atoms with Crippen molar-refractivity contribution in [1.29, 1.82) is 0 Å². The lowest BCUT2D eigenvalue weighted by molar-refractivity contribution is -0.148. The van der Waals surface area contributed by atoms with Crippen molar-refractivity contribution in [3.05, 3.63) is 11.6 Å². The predicted octanol–water partition coefficient (Wildman–Crippen LogP) is 0.271. The molecule has 0 aliphatic carbocycles. The van der Waals surface area contributed by atoms with Crippen LogP contribution < -0.4 is 11.3 Å². The third kappa shape index (κ3) is 3.16. The summed E-state index contributed by atoms with van der Waals surface area (Å²) in [4.78, 5) is 13.6. The Balaban J connectivity index is 2.19. The first kappa shape index (κ1) is 15.7. The summed E-state index contributed by atoms with van der Waals surface area (Å²) in [6.45, 7) is 2.47. The molecule has 1 amide bonds. The molecule has 0 bridgehead atoms. The Morgan fingerprint density at radius 1 is 1.43 bits per heavy atom. The highest BCUT2D eigenvalue weighted by atomic mass is 19.4. The molecule has 10 heteroatoms. The number of hydrogen-bond donors (Lipinski definition) is 2. The zero-order valence-electron chi connectivity index (χ0n) is 11.5. The Labute approximate surface area is 119 Å². The summed E-state index contributed by atoms with van der Waals surface area (Å²) in [7, 11) is 0. The highest BCUT2D eigenvalue weighted by Crippen LogP contribution is 2.29. The van der Waals surface area contributed by atoms with Crippen molar-refractivity contribution < 1.29 is 18.0 Å². The molecule has 2 rings (SSSR count). The van der Waals surface area contributed by atoms with Gasteiger partial charge in [0.2, 0.25) is 5.82 Å². The number of nitrogens with two attached hydrogens (primary N) is 1. The van der Waals surface area contributed by atoms with E-state index in [1.165, 1.54) is 0 Å². The second-order valence-electron chi connectivity index (χ2n) is 4.87. The van der Waals surface area contributed by atoms with E-state index < -0.39 is 18.0 Å². The molecule has 21 heavy (non-hydrogen) atoms. The lowest BCUT2D eigenvalue weighted by atomic mass is 10.1. The predicted molar refractivity (Wildman–Crippen MR) is 66.5 cm³/mol. The second kappa shape index (κ2) is 5.98. The van der Waals surface area contributed by atoms with Gasteiger partial charge in [-0.1, -0.05) is 13.3 Å². The largest absolute Gasteiger partial charge is 0.451 e. The molecule has 2 heterocycles. The lowest BCUT2D eigenvalue weighted by Crippen LogP contribution is -2.51. The standard InChI is InChI=1S/C11H17F3N6O/c1-2-3-7(9(21)16-15)19-4-5-20-8(6-19)17-18-10(20)11(12,13)14/h7H,2-6,15H2,1H3,(H,16,21). The number of alkyl halides is 3. The highest BCUT2D eigenvalue weighted by Gasteiger charge is 2.40. The van der Waals surface area contributed by atoms with Crippen LogP contribution in [0.2, 0.25) is 0 Å². The van der Waals surface area contributed by atoms with Gasteiger partial charge >= 0.3 is 6.18 Å². The van der Waals surface area contributed by atoms with Crippen LogP contribution in [0.1, 0.15) is 31.4 Å². The molecule has 1 aromatic rings. The van der Waals surface area contributed by atoms with Gasteiger partial charge in [0.1, 0.15) is 5.82 Å². The fourth-order valence-corrected chi connectivity index (χ4v) is 2.50. The SMILES string of the molecule is CCCC(C(=O)NN)N1CCn2c(nnc2C(F)(F)F)C1. The summed E-state index contributed by atoms with van der Waals surface area (Å²) < 4.78 is 39.3. The first-order valence-corrected chi connectivity index (χ1v) is 6.62. The summed E-state index contributed by atoms with van der Waals surface area (Å²) in [5.41, 5.74) is 2.10. The monoisotopic (exact) mass is 306 g/mol. The van der Waals surface area contributed by atoms with Crippen LogP contribution in [-0.2, 0) is 24.1 Å². The Bertz CT molecular complexity index is 515. The minimum absolute atomic E-state index is 0.0925. The molecule has 1 atom stereocenters. The van der Waals surface area contributed by atoms with Crippen molar-refractivity contribution in [2.45, 2.75) is 45.1 Å². The normalized spacial score (nSPS) is 17.4. The molecule has 0 spiro atoms. The van der Waals surface area contributed by atoms with E-state index in [0.717, 1.165) is 11.0 Å². The van der Waals surface area contributed by atoms with E-state index in [2.05, 4.69) is 15.6 Å². The molecule has 0 fully saturated rings. The molecule has 118 valence electrons. The van der Waals surface area contributed by atoms with Crippen molar-refractivity contribution in [3.63, 3.8) is 0 Å². The van der Waals surface area contributed by atoms with Crippen LogP contribution in [0.3, 0.4) is 0 Å². The van der Waals surface area contributed by atoms with Crippen LogP contribution in [-0.4, -0.2) is 38.2 Å². The number of carbonyl (C=O) groups is 1. The minimum atomic E-state index is -4.52. The van der Waals surface area contributed by atoms with Crippen molar-refractivity contribution >= 4 is 5.91 Å². The number of carbonyl (C=O) groups excluding carboxylic acids is 1. The molecule has 0 saturated heterocycles. The molecule has 1 aliphatic rings. The second-order valence-corrected chi connectivity index (χ2v) is 4.87. The molecule has 7 nitrogen and oxygen atoms in total.